The van der Waals surface area contributed by atoms with Gasteiger partial charge in [-0.05, 0) is 37.4 Å². The highest BCUT2D eigenvalue weighted by Crippen LogP contribution is 2.23. The lowest BCUT2D eigenvalue weighted by Crippen LogP contribution is -2.05. The molecule has 0 saturated heterocycles. The summed E-state index contributed by atoms with van der Waals surface area (Å²) in [5, 5.41) is 4.02. The van der Waals surface area contributed by atoms with E-state index in [-0.39, 0.29) is 5.91 Å². The number of hydrogen-bond acceptors (Lipinski definition) is 1. The van der Waals surface area contributed by atoms with E-state index in [1.165, 1.54) is 23.5 Å². The first-order valence-corrected chi connectivity index (χ1v) is 5.49. The number of benzene rings is 1. The van der Waals surface area contributed by atoms with E-state index < -0.39 is 0 Å². The molecule has 3 nitrogen and oxygen atoms in total. The summed E-state index contributed by atoms with van der Waals surface area (Å²) in [6.45, 7) is 6.69. The number of rotatable bonds is 2. The Kier molecular flexibility index (Phi) is 2.69. The number of fused-ring (bicyclic) bond motifs is 1. The fourth-order valence-electron chi connectivity index (χ4n) is 2.09. The second kappa shape index (κ2) is 4.00. The van der Waals surface area contributed by atoms with E-state index in [4.69, 9.17) is 0 Å². The van der Waals surface area contributed by atoms with Gasteiger partial charge in [-0.25, -0.2) is 0 Å². The zero-order chi connectivity index (χ0) is 11.7. The van der Waals surface area contributed by atoms with Crippen molar-refractivity contribution in [1.29, 1.82) is 0 Å². The minimum atomic E-state index is -0.0364. The third-order valence-corrected chi connectivity index (χ3v) is 2.75. The number of aromatic nitrogens is 1. The molecule has 0 spiro atoms. The Morgan fingerprint density at radius 3 is 2.75 bits per heavy atom. The smallest absolute Gasteiger partial charge is 0.221 e. The minimum absolute atomic E-state index is 0.0364. The van der Waals surface area contributed by atoms with Crippen LogP contribution in [0, 0.1) is 6.92 Å². The van der Waals surface area contributed by atoms with Gasteiger partial charge in [0.1, 0.15) is 0 Å². The average Bonchev–Trinajstić information content (AvgIpc) is 2.52. The largest absolute Gasteiger partial charge is 0.345 e. The number of carbonyl (C=O) groups is 1. The molecule has 0 radical (unpaired) electrons. The van der Waals surface area contributed by atoms with E-state index in [0.29, 0.717) is 0 Å². The molecule has 0 bridgehead atoms. The Balaban J connectivity index is 2.54. The third-order valence-electron chi connectivity index (χ3n) is 2.75. The zero-order valence-electron chi connectivity index (χ0n) is 9.87. The first kappa shape index (κ1) is 10.7. The Morgan fingerprint density at radius 1 is 1.38 bits per heavy atom. The molecule has 2 rings (SSSR count). The third kappa shape index (κ3) is 1.81. The molecular formula is C13H16N2O. The van der Waals surface area contributed by atoms with Gasteiger partial charge in [-0.2, -0.15) is 0 Å². The summed E-state index contributed by atoms with van der Waals surface area (Å²) in [5.74, 6) is -0.0364. The van der Waals surface area contributed by atoms with E-state index in [1.54, 1.807) is 0 Å². The molecule has 1 aromatic heterocycles. The molecule has 2 aromatic rings. The molecule has 1 N–H and O–H groups in total. The number of anilines is 1. The Labute approximate surface area is 95.1 Å². The summed E-state index contributed by atoms with van der Waals surface area (Å²) in [4.78, 5) is 11.0. The molecule has 0 atom stereocenters. The molecule has 1 heterocycles. The molecule has 1 aromatic carbocycles. The van der Waals surface area contributed by atoms with Gasteiger partial charge in [-0.3, -0.25) is 4.79 Å². The van der Waals surface area contributed by atoms with Crippen LogP contribution in [0.5, 0.6) is 0 Å². The highest BCUT2D eigenvalue weighted by molar-refractivity contribution is 5.92. The van der Waals surface area contributed by atoms with Crippen LogP contribution in [-0.2, 0) is 11.3 Å². The van der Waals surface area contributed by atoms with Crippen molar-refractivity contribution < 1.29 is 4.79 Å². The molecule has 3 heteroatoms. The summed E-state index contributed by atoms with van der Waals surface area (Å²) in [7, 11) is 0. The van der Waals surface area contributed by atoms with Gasteiger partial charge in [-0.15, -0.1) is 0 Å². The lowest BCUT2D eigenvalue weighted by molar-refractivity contribution is -0.114. The first-order chi connectivity index (χ1) is 7.61. The van der Waals surface area contributed by atoms with E-state index in [0.717, 1.165) is 12.2 Å². The van der Waals surface area contributed by atoms with E-state index in [9.17, 15) is 4.79 Å². The molecule has 1 amide bonds. The van der Waals surface area contributed by atoms with Crippen LogP contribution < -0.4 is 5.32 Å². The van der Waals surface area contributed by atoms with Crippen molar-refractivity contribution in [2.75, 3.05) is 5.32 Å². The van der Waals surface area contributed by atoms with Crippen LogP contribution in [0.2, 0.25) is 0 Å². The van der Waals surface area contributed by atoms with Gasteiger partial charge in [0.2, 0.25) is 5.91 Å². The molecule has 0 saturated carbocycles. The summed E-state index contributed by atoms with van der Waals surface area (Å²) in [6, 6.07) is 8.16. The molecule has 0 unspecified atom stereocenters. The summed E-state index contributed by atoms with van der Waals surface area (Å²) in [6.07, 6.45) is 0. The van der Waals surface area contributed by atoms with E-state index >= 15 is 0 Å². The molecule has 16 heavy (non-hydrogen) atoms. The maximum absolute atomic E-state index is 11.0. The predicted octanol–water partition coefficient (Wildman–Crippen LogP) is 2.93. The fraction of sp³-hybridized carbons (Fsp3) is 0.308. The quantitative estimate of drug-likeness (QED) is 0.822. The van der Waals surface area contributed by atoms with Crippen molar-refractivity contribution in [3.05, 3.63) is 30.0 Å². The van der Waals surface area contributed by atoms with Crippen molar-refractivity contribution >= 4 is 22.5 Å². The number of hydrogen-bond donors (Lipinski definition) is 1. The van der Waals surface area contributed by atoms with E-state index in [1.807, 2.05) is 18.2 Å². The summed E-state index contributed by atoms with van der Waals surface area (Å²) < 4.78 is 2.24. The van der Waals surface area contributed by atoms with Crippen molar-refractivity contribution in [3.8, 4) is 0 Å². The fourth-order valence-corrected chi connectivity index (χ4v) is 2.09. The highest BCUT2D eigenvalue weighted by atomic mass is 16.1. The lowest BCUT2D eigenvalue weighted by atomic mass is 10.2. The van der Waals surface area contributed by atoms with Crippen LogP contribution in [0.1, 0.15) is 19.5 Å². The van der Waals surface area contributed by atoms with Gasteiger partial charge in [0.15, 0.2) is 0 Å². The van der Waals surface area contributed by atoms with Gasteiger partial charge < -0.3 is 9.88 Å². The maximum Gasteiger partial charge on any atom is 0.221 e. The van der Waals surface area contributed by atoms with Crippen LogP contribution >= 0.6 is 0 Å². The SMILES string of the molecule is CCn1c(C)cc2ccc(NC(C)=O)cc21. The molecular weight excluding hydrogens is 200 g/mol. The molecule has 84 valence electrons. The van der Waals surface area contributed by atoms with Crippen LogP contribution in [0.3, 0.4) is 0 Å². The number of aryl methyl sites for hydroxylation is 2. The number of nitrogens with one attached hydrogen (secondary N) is 1. The molecule has 0 aliphatic rings. The first-order valence-electron chi connectivity index (χ1n) is 5.49. The van der Waals surface area contributed by atoms with Crippen LogP contribution in [-0.4, -0.2) is 10.5 Å². The Morgan fingerprint density at radius 2 is 2.12 bits per heavy atom. The van der Waals surface area contributed by atoms with Crippen LogP contribution in [0.4, 0.5) is 5.69 Å². The molecule has 0 aliphatic heterocycles. The topological polar surface area (TPSA) is 34.0 Å². The van der Waals surface area contributed by atoms with Gasteiger partial charge in [0.05, 0.1) is 5.52 Å². The standard InChI is InChI=1S/C13H16N2O/c1-4-15-9(2)7-11-5-6-12(8-13(11)15)14-10(3)16/h5-8H,4H2,1-3H3,(H,14,16). The monoisotopic (exact) mass is 216 g/mol. The van der Waals surface area contributed by atoms with Crippen molar-refractivity contribution in [2.24, 2.45) is 0 Å². The number of carbonyl (C=O) groups excluding carboxylic acids is 1. The van der Waals surface area contributed by atoms with Gasteiger partial charge in [0, 0.05) is 24.8 Å². The van der Waals surface area contributed by atoms with Gasteiger partial charge in [0.25, 0.3) is 0 Å². The predicted molar refractivity (Wildman–Crippen MR) is 66.7 cm³/mol. The zero-order valence-corrected chi connectivity index (χ0v) is 9.87. The Hall–Kier alpha value is -1.77. The average molecular weight is 216 g/mol. The van der Waals surface area contributed by atoms with Gasteiger partial charge >= 0.3 is 0 Å². The minimum Gasteiger partial charge on any atom is -0.345 e. The number of nitrogens with zero attached hydrogens (tertiary/aromatic N) is 1. The van der Waals surface area contributed by atoms with E-state index in [2.05, 4.69) is 29.8 Å². The summed E-state index contributed by atoms with van der Waals surface area (Å²) in [5.41, 5.74) is 3.27. The number of amides is 1. The van der Waals surface area contributed by atoms with Crippen molar-refractivity contribution in [1.82, 2.24) is 4.57 Å². The molecule has 0 fully saturated rings. The van der Waals surface area contributed by atoms with Crippen LogP contribution in [0.15, 0.2) is 24.3 Å². The van der Waals surface area contributed by atoms with Crippen LogP contribution in [0.25, 0.3) is 10.9 Å². The lowest BCUT2D eigenvalue weighted by Gasteiger charge is -2.06. The normalized spacial score (nSPS) is 10.7. The van der Waals surface area contributed by atoms with Crippen molar-refractivity contribution in [2.45, 2.75) is 27.3 Å². The van der Waals surface area contributed by atoms with Crippen molar-refractivity contribution in [3.63, 3.8) is 0 Å². The molecule has 0 aliphatic carbocycles. The maximum atomic E-state index is 11.0. The summed E-state index contributed by atoms with van der Waals surface area (Å²) >= 11 is 0. The second-order valence-corrected chi connectivity index (χ2v) is 3.98. The van der Waals surface area contributed by atoms with Gasteiger partial charge in [-0.1, -0.05) is 6.07 Å². The Bertz CT molecular complexity index is 540. The second-order valence-electron chi connectivity index (χ2n) is 3.98. The highest BCUT2D eigenvalue weighted by Gasteiger charge is 2.05.